The van der Waals surface area contributed by atoms with E-state index in [2.05, 4.69) is 0 Å². The maximum Gasteiger partial charge on any atom is 0.188 e. The van der Waals surface area contributed by atoms with Gasteiger partial charge in [0.15, 0.2) is 9.84 Å². The lowest BCUT2D eigenvalue weighted by molar-refractivity contribution is 0.414. The fourth-order valence-electron chi connectivity index (χ4n) is 1.93. The van der Waals surface area contributed by atoms with Crippen LogP contribution in [0.4, 0.5) is 14.5 Å². The highest BCUT2D eigenvalue weighted by molar-refractivity contribution is 7.90. The molecule has 0 atom stereocenters. The van der Waals surface area contributed by atoms with Crippen LogP contribution in [-0.4, -0.2) is 15.5 Å². The number of methoxy groups -OCH3 is 1. The summed E-state index contributed by atoms with van der Waals surface area (Å²) in [6, 6.07) is 7.82. The summed E-state index contributed by atoms with van der Waals surface area (Å²) in [5.41, 5.74) is 5.46. The molecule has 0 aromatic heterocycles. The summed E-state index contributed by atoms with van der Waals surface area (Å²) >= 11 is 0. The Kier molecular flexibility index (Phi) is 4.13. The first-order valence-corrected chi connectivity index (χ1v) is 7.59. The second-order valence-electron chi connectivity index (χ2n) is 4.42. The molecule has 21 heavy (non-hydrogen) atoms. The first kappa shape index (κ1) is 15.2. The molecule has 0 radical (unpaired) electrons. The third-order valence-electron chi connectivity index (χ3n) is 2.82. The molecule has 0 aliphatic heterocycles. The fraction of sp³-hybridized carbons (Fsp3) is 0.143. The van der Waals surface area contributed by atoms with Gasteiger partial charge in [-0.25, -0.2) is 17.2 Å². The van der Waals surface area contributed by atoms with Crippen molar-refractivity contribution in [3.63, 3.8) is 0 Å². The van der Waals surface area contributed by atoms with E-state index in [1.807, 2.05) is 0 Å². The molecule has 0 heterocycles. The van der Waals surface area contributed by atoms with Gasteiger partial charge in [0.25, 0.3) is 0 Å². The second-order valence-corrected chi connectivity index (χ2v) is 6.35. The molecule has 2 aromatic rings. The van der Waals surface area contributed by atoms with Crippen LogP contribution in [0.5, 0.6) is 5.75 Å². The fourth-order valence-corrected chi connectivity index (χ4v) is 3.41. The number of nitrogens with two attached hydrogens (primary N) is 1. The molecule has 0 spiro atoms. The molecule has 112 valence electrons. The molecule has 4 nitrogen and oxygen atoms in total. The molecule has 0 saturated heterocycles. The first-order chi connectivity index (χ1) is 9.83. The molecule has 0 amide bonds. The predicted molar refractivity (Wildman–Crippen MR) is 74.7 cm³/mol. The topological polar surface area (TPSA) is 69.4 Å². The van der Waals surface area contributed by atoms with E-state index >= 15 is 0 Å². The van der Waals surface area contributed by atoms with Crippen molar-refractivity contribution in [3.05, 3.63) is 53.6 Å². The summed E-state index contributed by atoms with van der Waals surface area (Å²) in [5.74, 6) is -2.48. The largest absolute Gasteiger partial charge is 0.497 e. The van der Waals surface area contributed by atoms with Crippen LogP contribution >= 0.6 is 0 Å². The number of rotatable bonds is 4. The quantitative estimate of drug-likeness (QED) is 0.881. The molecule has 0 aliphatic rings. The van der Waals surface area contributed by atoms with Gasteiger partial charge in [-0.15, -0.1) is 0 Å². The second kappa shape index (κ2) is 5.69. The maximum absolute atomic E-state index is 13.7. The van der Waals surface area contributed by atoms with E-state index in [4.69, 9.17) is 10.5 Å². The van der Waals surface area contributed by atoms with Crippen molar-refractivity contribution in [2.24, 2.45) is 0 Å². The molecule has 2 N–H and O–H groups in total. The molecule has 2 aromatic carbocycles. The lowest BCUT2D eigenvalue weighted by Crippen LogP contribution is -2.10. The molecule has 7 heteroatoms. The smallest absolute Gasteiger partial charge is 0.188 e. The minimum Gasteiger partial charge on any atom is -0.497 e. The summed E-state index contributed by atoms with van der Waals surface area (Å²) in [6.07, 6.45) is 0. The highest BCUT2D eigenvalue weighted by Gasteiger charge is 2.25. The Labute approximate surface area is 121 Å². The molecule has 2 rings (SSSR count). The highest BCUT2D eigenvalue weighted by atomic mass is 32.2. The van der Waals surface area contributed by atoms with Gasteiger partial charge in [0.05, 0.1) is 12.9 Å². The zero-order chi connectivity index (χ0) is 15.6. The number of ether oxygens (including phenoxy) is 1. The number of sulfone groups is 1. The minimum atomic E-state index is -4.18. The summed E-state index contributed by atoms with van der Waals surface area (Å²) in [6.45, 7) is 0. The van der Waals surface area contributed by atoms with Gasteiger partial charge >= 0.3 is 0 Å². The molecule has 0 fully saturated rings. The van der Waals surface area contributed by atoms with Gasteiger partial charge in [-0.05, 0) is 29.8 Å². The Morgan fingerprint density at radius 1 is 1.14 bits per heavy atom. The number of anilines is 1. The first-order valence-electron chi connectivity index (χ1n) is 5.93. The zero-order valence-electron chi connectivity index (χ0n) is 11.1. The van der Waals surface area contributed by atoms with Gasteiger partial charge in [-0.3, -0.25) is 0 Å². The number of benzene rings is 2. The van der Waals surface area contributed by atoms with Crippen LogP contribution in [0.15, 0.2) is 41.3 Å². The summed E-state index contributed by atoms with van der Waals surface area (Å²) < 4.78 is 56.8. The Bertz CT molecular complexity index is 753. The van der Waals surface area contributed by atoms with Crippen molar-refractivity contribution >= 4 is 15.5 Å². The van der Waals surface area contributed by atoms with Crippen molar-refractivity contribution in [2.45, 2.75) is 10.6 Å². The van der Waals surface area contributed by atoms with Gasteiger partial charge in [-0.1, -0.05) is 12.1 Å². The van der Waals surface area contributed by atoms with E-state index in [-0.39, 0.29) is 5.69 Å². The van der Waals surface area contributed by atoms with Crippen molar-refractivity contribution < 1.29 is 21.9 Å². The van der Waals surface area contributed by atoms with E-state index in [0.717, 1.165) is 12.1 Å². The number of hydrogen-bond donors (Lipinski definition) is 1. The van der Waals surface area contributed by atoms with E-state index in [9.17, 15) is 17.2 Å². The monoisotopic (exact) mass is 313 g/mol. The summed E-state index contributed by atoms with van der Waals surface area (Å²) in [7, 11) is -2.74. The van der Waals surface area contributed by atoms with Crippen molar-refractivity contribution in [1.82, 2.24) is 0 Å². The Hall–Kier alpha value is -2.15. The summed E-state index contributed by atoms with van der Waals surface area (Å²) in [5, 5.41) is 0. The maximum atomic E-state index is 13.7. The third-order valence-corrected chi connectivity index (χ3v) is 4.55. The highest BCUT2D eigenvalue weighted by Crippen LogP contribution is 2.26. The lowest BCUT2D eigenvalue weighted by Gasteiger charge is -2.09. The Balaban J connectivity index is 2.43. The van der Waals surface area contributed by atoms with Crippen LogP contribution < -0.4 is 10.5 Å². The van der Waals surface area contributed by atoms with Crippen molar-refractivity contribution in [2.75, 3.05) is 12.8 Å². The molecule has 0 aliphatic carbocycles. The van der Waals surface area contributed by atoms with Gasteiger partial charge in [0.2, 0.25) is 0 Å². The minimum absolute atomic E-state index is 0.176. The normalized spacial score (nSPS) is 11.4. The van der Waals surface area contributed by atoms with E-state index in [0.29, 0.717) is 11.3 Å². The van der Waals surface area contributed by atoms with Crippen LogP contribution in [0, 0.1) is 11.6 Å². The number of hydrogen-bond acceptors (Lipinski definition) is 4. The van der Waals surface area contributed by atoms with Gasteiger partial charge in [-0.2, -0.15) is 0 Å². The molecule has 0 saturated carbocycles. The molecule has 0 bridgehead atoms. The summed E-state index contributed by atoms with van der Waals surface area (Å²) in [4.78, 5) is -0.973. The van der Waals surface area contributed by atoms with Crippen molar-refractivity contribution in [3.8, 4) is 5.75 Å². The standard InChI is InChI=1S/C14H13F2NO3S/c1-20-11-4-2-3-9(5-11)8-21(18,19)14-12(15)6-10(17)7-13(14)16/h2-7H,8,17H2,1H3. The van der Waals surface area contributed by atoms with E-state index < -0.39 is 32.1 Å². The van der Waals surface area contributed by atoms with Crippen LogP contribution in [0.2, 0.25) is 0 Å². The third kappa shape index (κ3) is 3.30. The molecular weight excluding hydrogens is 300 g/mol. The number of nitrogen functional groups attached to an aromatic ring is 1. The van der Waals surface area contributed by atoms with Crippen LogP contribution in [0.1, 0.15) is 5.56 Å². The zero-order valence-corrected chi connectivity index (χ0v) is 12.0. The SMILES string of the molecule is COc1cccc(CS(=O)(=O)c2c(F)cc(N)cc2F)c1. The Morgan fingerprint density at radius 3 is 2.33 bits per heavy atom. The van der Waals surface area contributed by atoms with Gasteiger partial charge in [0, 0.05) is 5.69 Å². The van der Waals surface area contributed by atoms with Crippen molar-refractivity contribution in [1.29, 1.82) is 0 Å². The number of halogens is 2. The van der Waals surface area contributed by atoms with Crippen LogP contribution in [-0.2, 0) is 15.6 Å². The Morgan fingerprint density at radius 2 is 1.76 bits per heavy atom. The predicted octanol–water partition coefficient (Wildman–Crippen LogP) is 2.53. The van der Waals surface area contributed by atoms with Crippen LogP contribution in [0.25, 0.3) is 0 Å². The van der Waals surface area contributed by atoms with Gasteiger partial charge in [0.1, 0.15) is 22.3 Å². The average Bonchev–Trinajstić information content (AvgIpc) is 2.36. The lowest BCUT2D eigenvalue weighted by atomic mass is 10.2. The van der Waals surface area contributed by atoms with E-state index in [1.54, 1.807) is 12.1 Å². The van der Waals surface area contributed by atoms with Gasteiger partial charge < -0.3 is 10.5 Å². The molecular formula is C14H13F2NO3S. The molecule has 0 unspecified atom stereocenters. The van der Waals surface area contributed by atoms with Crippen LogP contribution in [0.3, 0.4) is 0 Å². The van der Waals surface area contributed by atoms with E-state index in [1.165, 1.54) is 19.2 Å². The average molecular weight is 313 g/mol.